The van der Waals surface area contributed by atoms with Gasteiger partial charge in [-0.3, -0.25) is 11.3 Å². The molecule has 82 valence electrons. The van der Waals surface area contributed by atoms with E-state index in [1.165, 1.54) is 12.0 Å². The van der Waals surface area contributed by atoms with Crippen LogP contribution in [0.15, 0.2) is 30.3 Å². The van der Waals surface area contributed by atoms with E-state index < -0.39 is 0 Å². The SMILES string of the molecule is CC1(C)CC1C(Cc1ccccc1)NN. The Morgan fingerprint density at radius 3 is 2.47 bits per heavy atom. The first-order valence-electron chi connectivity index (χ1n) is 5.63. The normalized spacial score (nSPS) is 24.9. The molecule has 1 aromatic carbocycles. The smallest absolute Gasteiger partial charge is 0.0284 e. The van der Waals surface area contributed by atoms with Crippen molar-refractivity contribution in [3.63, 3.8) is 0 Å². The average molecular weight is 204 g/mol. The largest absolute Gasteiger partial charge is 0.271 e. The van der Waals surface area contributed by atoms with Crippen molar-refractivity contribution in [3.05, 3.63) is 35.9 Å². The van der Waals surface area contributed by atoms with E-state index in [2.05, 4.69) is 49.6 Å². The first kappa shape index (κ1) is 10.7. The van der Waals surface area contributed by atoms with Crippen molar-refractivity contribution < 1.29 is 0 Å². The topological polar surface area (TPSA) is 38.0 Å². The van der Waals surface area contributed by atoms with Gasteiger partial charge in [0, 0.05) is 6.04 Å². The molecule has 1 fully saturated rings. The molecule has 2 atom stereocenters. The third kappa shape index (κ3) is 2.39. The number of nitrogens with two attached hydrogens (primary N) is 1. The van der Waals surface area contributed by atoms with E-state index in [1.807, 2.05) is 0 Å². The van der Waals surface area contributed by atoms with Gasteiger partial charge in [-0.1, -0.05) is 44.2 Å². The number of hydrogen-bond donors (Lipinski definition) is 2. The molecule has 0 saturated heterocycles. The summed E-state index contributed by atoms with van der Waals surface area (Å²) in [5.74, 6) is 6.36. The molecule has 2 heteroatoms. The van der Waals surface area contributed by atoms with Crippen LogP contribution in [0.5, 0.6) is 0 Å². The second-order valence-corrected chi connectivity index (χ2v) is 5.26. The van der Waals surface area contributed by atoms with Crippen LogP contribution < -0.4 is 11.3 Å². The molecular formula is C13H20N2. The van der Waals surface area contributed by atoms with Crippen LogP contribution in [-0.2, 0) is 6.42 Å². The van der Waals surface area contributed by atoms with Gasteiger partial charge in [0.1, 0.15) is 0 Å². The van der Waals surface area contributed by atoms with E-state index in [-0.39, 0.29) is 0 Å². The highest BCUT2D eigenvalue weighted by Gasteiger charge is 2.49. The molecule has 1 aliphatic carbocycles. The van der Waals surface area contributed by atoms with Crippen molar-refractivity contribution in [2.75, 3.05) is 0 Å². The van der Waals surface area contributed by atoms with Crippen molar-refractivity contribution in [1.82, 2.24) is 5.43 Å². The number of rotatable bonds is 4. The summed E-state index contributed by atoms with van der Waals surface area (Å²) in [6.45, 7) is 4.62. The molecule has 0 radical (unpaired) electrons. The van der Waals surface area contributed by atoms with Crippen molar-refractivity contribution in [2.24, 2.45) is 17.2 Å². The Morgan fingerprint density at radius 1 is 1.40 bits per heavy atom. The van der Waals surface area contributed by atoms with Crippen molar-refractivity contribution in [1.29, 1.82) is 0 Å². The molecule has 0 aromatic heterocycles. The Bertz CT molecular complexity index is 319. The molecule has 1 aliphatic rings. The molecule has 0 heterocycles. The van der Waals surface area contributed by atoms with Crippen LogP contribution in [0.4, 0.5) is 0 Å². The van der Waals surface area contributed by atoms with Gasteiger partial charge in [0.2, 0.25) is 0 Å². The van der Waals surface area contributed by atoms with E-state index in [4.69, 9.17) is 5.84 Å². The Kier molecular flexibility index (Phi) is 2.81. The minimum Gasteiger partial charge on any atom is -0.271 e. The summed E-state index contributed by atoms with van der Waals surface area (Å²) < 4.78 is 0. The molecule has 2 rings (SSSR count). The first-order valence-corrected chi connectivity index (χ1v) is 5.63. The first-order chi connectivity index (χ1) is 7.13. The quantitative estimate of drug-likeness (QED) is 0.582. The molecule has 15 heavy (non-hydrogen) atoms. The molecule has 1 aromatic rings. The molecule has 0 amide bonds. The second-order valence-electron chi connectivity index (χ2n) is 5.26. The van der Waals surface area contributed by atoms with Crippen molar-refractivity contribution in [2.45, 2.75) is 32.7 Å². The molecule has 2 nitrogen and oxygen atoms in total. The minimum absolute atomic E-state index is 0.419. The lowest BCUT2D eigenvalue weighted by atomic mass is 9.98. The lowest BCUT2D eigenvalue weighted by Crippen LogP contribution is -2.39. The van der Waals surface area contributed by atoms with E-state index in [1.54, 1.807) is 0 Å². The zero-order valence-corrected chi connectivity index (χ0v) is 9.53. The highest BCUT2D eigenvalue weighted by molar-refractivity contribution is 5.17. The Balaban J connectivity index is 1.98. The van der Waals surface area contributed by atoms with Gasteiger partial charge < -0.3 is 0 Å². The third-order valence-electron chi connectivity index (χ3n) is 3.59. The zero-order chi connectivity index (χ0) is 10.9. The summed E-state index contributed by atoms with van der Waals surface area (Å²) in [5.41, 5.74) is 4.81. The van der Waals surface area contributed by atoms with Gasteiger partial charge >= 0.3 is 0 Å². The standard InChI is InChI=1S/C13H20N2/c1-13(2)9-11(13)12(15-14)8-10-6-4-3-5-7-10/h3-7,11-12,15H,8-9,14H2,1-2H3. The van der Waals surface area contributed by atoms with E-state index >= 15 is 0 Å². The molecule has 3 N–H and O–H groups in total. The Hall–Kier alpha value is -0.860. The maximum absolute atomic E-state index is 5.63. The monoisotopic (exact) mass is 204 g/mol. The van der Waals surface area contributed by atoms with Crippen LogP contribution in [0.1, 0.15) is 25.8 Å². The number of hydrazine groups is 1. The minimum atomic E-state index is 0.419. The summed E-state index contributed by atoms with van der Waals surface area (Å²) >= 11 is 0. The number of benzene rings is 1. The highest BCUT2D eigenvalue weighted by Crippen LogP contribution is 2.53. The Morgan fingerprint density at radius 2 is 2.00 bits per heavy atom. The molecular weight excluding hydrogens is 184 g/mol. The summed E-state index contributed by atoms with van der Waals surface area (Å²) in [6.07, 6.45) is 2.32. The van der Waals surface area contributed by atoms with Gasteiger partial charge in [-0.25, -0.2) is 0 Å². The van der Waals surface area contributed by atoms with Crippen molar-refractivity contribution in [3.8, 4) is 0 Å². The van der Waals surface area contributed by atoms with E-state index in [9.17, 15) is 0 Å². The van der Waals surface area contributed by atoms with Crippen molar-refractivity contribution >= 4 is 0 Å². The number of nitrogens with one attached hydrogen (secondary N) is 1. The predicted molar refractivity (Wildman–Crippen MR) is 63.1 cm³/mol. The zero-order valence-electron chi connectivity index (χ0n) is 9.53. The van der Waals surface area contributed by atoms with Gasteiger partial charge in [-0.2, -0.15) is 0 Å². The van der Waals surface area contributed by atoms with Gasteiger partial charge in [0.15, 0.2) is 0 Å². The fourth-order valence-corrected chi connectivity index (χ4v) is 2.38. The lowest BCUT2D eigenvalue weighted by molar-refractivity contribution is 0.409. The predicted octanol–water partition coefficient (Wildman–Crippen LogP) is 2.11. The summed E-state index contributed by atoms with van der Waals surface area (Å²) in [4.78, 5) is 0. The van der Waals surface area contributed by atoms with Crippen LogP contribution in [0, 0.1) is 11.3 Å². The maximum atomic E-state index is 5.63. The van der Waals surface area contributed by atoms with Gasteiger partial charge in [-0.15, -0.1) is 0 Å². The van der Waals surface area contributed by atoms with Crippen LogP contribution in [0.25, 0.3) is 0 Å². The molecule has 0 aliphatic heterocycles. The van der Waals surface area contributed by atoms with Crippen LogP contribution in [-0.4, -0.2) is 6.04 Å². The highest BCUT2D eigenvalue weighted by atomic mass is 15.2. The lowest BCUT2D eigenvalue weighted by Gasteiger charge is -2.17. The maximum Gasteiger partial charge on any atom is 0.0284 e. The van der Waals surface area contributed by atoms with Gasteiger partial charge in [0.05, 0.1) is 0 Å². The average Bonchev–Trinajstić information content (AvgIpc) is 2.86. The van der Waals surface area contributed by atoms with E-state index in [0.717, 1.165) is 12.3 Å². The molecule has 0 spiro atoms. The fraction of sp³-hybridized carbons (Fsp3) is 0.538. The summed E-state index contributed by atoms with van der Waals surface area (Å²) in [7, 11) is 0. The third-order valence-corrected chi connectivity index (χ3v) is 3.59. The van der Waals surface area contributed by atoms with Gasteiger partial charge in [0.25, 0.3) is 0 Å². The van der Waals surface area contributed by atoms with Gasteiger partial charge in [-0.05, 0) is 29.7 Å². The molecule has 1 saturated carbocycles. The van der Waals surface area contributed by atoms with Crippen LogP contribution >= 0.6 is 0 Å². The number of hydrogen-bond acceptors (Lipinski definition) is 2. The second kappa shape index (κ2) is 3.95. The van der Waals surface area contributed by atoms with E-state index in [0.29, 0.717) is 11.5 Å². The van der Waals surface area contributed by atoms with Crippen LogP contribution in [0.3, 0.4) is 0 Å². The summed E-state index contributed by atoms with van der Waals surface area (Å²) in [5, 5.41) is 0. The molecule has 0 bridgehead atoms. The summed E-state index contributed by atoms with van der Waals surface area (Å²) in [6, 6.07) is 11.0. The van der Waals surface area contributed by atoms with Crippen LogP contribution in [0.2, 0.25) is 0 Å². The Labute approximate surface area is 91.8 Å². The molecule has 2 unspecified atom stereocenters. The fourth-order valence-electron chi connectivity index (χ4n) is 2.38.